The smallest absolute Gasteiger partial charge is 0.255 e. The monoisotopic (exact) mass is 978 g/mol. The summed E-state index contributed by atoms with van der Waals surface area (Å²) in [7, 11) is 5.83. The first-order chi connectivity index (χ1) is 33.5. The molecule has 0 unspecified atom stereocenters. The van der Waals surface area contributed by atoms with E-state index in [2.05, 4.69) is 41.7 Å². The number of primary amides is 1. The Labute approximate surface area is 409 Å². The quantitative estimate of drug-likeness (QED) is 0.0234. The Morgan fingerprint density at radius 3 is 1.66 bits per heavy atom. The van der Waals surface area contributed by atoms with Crippen LogP contribution in [0.5, 0.6) is 23.0 Å². The lowest BCUT2D eigenvalue weighted by atomic mass is 9.54. The summed E-state index contributed by atoms with van der Waals surface area (Å²) in [6.07, 6.45) is 7.07. The Morgan fingerprint density at radius 1 is 0.729 bits per heavy atom. The first-order valence-corrected chi connectivity index (χ1v) is 25.8. The van der Waals surface area contributed by atoms with Gasteiger partial charge in [-0.25, -0.2) is 0 Å². The Bertz CT molecular complexity index is 2550. The molecule has 0 aromatic heterocycles. The Morgan fingerprint density at radius 2 is 1.20 bits per heavy atom. The van der Waals surface area contributed by atoms with E-state index in [4.69, 9.17) is 19.9 Å². The number of aliphatic hydroxyl groups excluding tert-OH is 3. The van der Waals surface area contributed by atoms with Gasteiger partial charge in [-0.3, -0.25) is 24.1 Å². The summed E-state index contributed by atoms with van der Waals surface area (Å²) in [5.41, 5.74) is 1.04. The van der Waals surface area contributed by atoms with E-state index in [-0.39, 0.29) is 23.6 Å². The van der Waals surface area contributed by atoms with Gasteiger partial charge in [-0.1, -0.05) is 45.1 Å². The zero-order valence-electron chi connectivity index (χ0n) is 40.6. The number of ether oxygens (including phenoxy) is 3. The minimum Gasteiger partial charge on any atom is -0.508 e. The summed E-state index contributed by atoms with van der Waals surface area (Å²) in [6.45, 7) is 1.65. The lowest BCUT2D eigenvalue weighted by molar-refractivity contribution is -0.169. The van der Waals surface area contributed by atoms with Gasteiger partial charge in [0.05, 0.1) is 56.8 Å². The fourth-order valence-corrected chi connectivity index (χ4v) is 15.3. The number of carbonyl (C=O) groups excluding carboxylic acids is 4. The number of phenolic OH excluding ortho intramolecular Hbond substituents is 1. The summed E-state index contributed by atoms with van der Waals surface area (Å²) >= 11 is 0. The van der Waals surface area contributed by atoms with E-state index in [9.17, 15) is 44.7 Å². The van der Waals surface area contributed by atoms with Crippen molar-refractivity contribution in [1.82, 2.24) is 4.90 Å². The minimum absolute atomic E-state index is 0.0194. The van der Waals surface area contributed by atoms with Gasteiger partial charge in [0.2, 0.25) is 11.7 Å². The molecule has 1 saturated carbocycles. The Kier molecular flexibility index (Phi) is 15.8. The van der Waals surface area contributed by atoms with Gasteiger partial charge in [0.15, 0.2) is 11.4 Å². The van der Waals surface area contributed by atoms with Crippen LogP contribution in [0.15, 0.2) is 102 Å². The molecule has 2 amide bonds. The van der Waals surface area contributed by atoms with Gasteiger partial charge in [-0.05, 0) is 124 Å². The first kappa shape index (κ1) is 51.6. The predicted octanol–water partition coefficient (Wildman–Crippen LogP) is 5.97. The third-order valence-electron chi connectivity index (χ3n) is 14.6. The summed E-state index contributed by atoms with van der Waals surface area (Å²) < 4.78 is 16.6. The van der Waals surface area contributed by atoms with Crippen LogP contribution in [0.25, 0.3) is 5.76 Å². The number of rotatable bonds is 20. The van der Waals surface area contributed by atoms with Crippen molar-refractivity contribution < 1.29 is 58.9 Å². The molecule has 3 aliphatic rings. The summed E-state index contributed by atoms with van der Waals surface area (Å²) in [4.78, 5) is 54.6. The number of nitrogens with two attached hydrogens (primary N) is 1. The molecule has 4 aromatic rings. The predicted molar refractivity (Wildman–Crippen MR) is 270 cm³/mol. The number of methoxy groups -OCH3 is 3. The maximum Gasteiger partial charge on any atom is 0.255 e. The second-order valence-electron chi connectivity index (χ2n) is 18.7. The number of phenols is 1. The number of nitrogens with zero attached hydrogens (tertiary/aromatic N) is 1. The molecule has 8 N–H and O–H groups in total. The minimum atomic E-state index is -3.02. The van der Waals surface area contributed by atoms with Gasteiger partial charge < -0.3 is 50.8 Å². The van der Waals surface area contributed by atoms with Crippen LogP contribution in [-0.4, -0.2) is 113 Å². The molecule has 4 aromatic carbocycles. The van der Waals surface area contributed by atoms with Crippen LogP contribution in [-0.2, 0) is 19.2 Å². The number of anilines is 1. The molecule has 6 atom stereocenters. The van der Waals surface area contributed by atoms with Crippen molar-refractivity contribution in [3.63, 3.8) is 0 Å². The number of amides is 2. The van der Waals surface area contributed by atoms with Gasteiger partial charge in [-0.2, -0.15) is 0 Å². The van der Waals surface area contributed by atoms with Crippen LogP contribution in [0.3, 0.4) is 0 Å². The summed E-state index contributed by atoms with van der Waals surface area (Å²) in [6, 6.07) is 27.0. The molecule has 0 aliphatic heterocycles. The van der Waals surface area contributed by atoms with Crippen LogP contribution in [0.4, 0.5) is 5.69 Å². The highest BCUT2D eigenvalue weighted by Crippen LogP contribution is 2.58. The molecular formula is C54H65N3O12P+. The van der Waals surface area contributed by atoms with Crippen molar-refractivity contribution in [2.24, 2.45) is 17.6 Å². The molecular weight excluding hydrogens is 914 g/mol. The average molecular weight is 979 g/mol. The second-order valence-corrected chi connectivity index (χ2v) is 22.3. The van der Waals surface area contributed by atoms with E-state index in [0.29, 0.717) is 12.0 Å². The van der Waals surface area contributed by atoms with E-state index < -0.39 is 88.7 Å². The van der Waals surface area contributed by atoms with Gasteiger partial charge in [0.1, 0.15) is 63.3 Å². The Balaban J connectivity index is 0.955. The largest absolute Gasteiger partial charge is 0.508 e. The second kappa shape index (κ2) is 21.4. The highest BCUT2D eigenvalue weighted by atomic mass is 31.2. The first-order valence-electron chi connectivity index (χ1n) is 23.8. The van der Waals surface area contributed by atoms with E-state index in [1.165, 1.54) is 41.0 Å². The number of hydrogen-bond donors (Lipinski definition) is 7. The molecule has 0 radical (unpaired) electrons. The van der Waals surface area contributed by atoms with Crippen molar-refractivity contribution in [1.29, 1.82) is 0 Å². The normalized spacial score (nSPS) is 22.0. The number of hydrogen-bond acceptors (Lipinski definition) is 13. The summed E-state index contributed by atoms with van der Waals surface area (Å²) in [5, 5.41) is 64.7. The number of benzene rings is 4. The number of Topliss-reactive ketones (excluding diaryl/α,β-unsaturated/α-hetero) is 2. The van der Waals surface area contributed by atoms with Gasteiger partial charge in [0, 0.05) is 17.9 Å². The van der Waals surface area contributed by atoms with Crippen molar-refractivity contribution >= 4 is 58.0 Å². The van der Waals surface area contributed by atoms with Crippen molar-refractivity contribution in [3.05, 3.63) is 113 Å². The number of aliphatic hydroxyl groups is 4. The summed E-state index contributed by atoms with van der Waals surface area (Å²) in [5.74, 6) is -7.77. The van der Waals surface area contributed by atoms with Crippen LogP contribution in [0.2, 0.25) is 0 Å². The fraction of sp³-hybridized carbons (Fsp3) is 0.407. The highest BCUT2D eigenvalue weighted by molar-refractivity contribution is 7.95. The average Bonchev–Trinajstić information content (AvgIpc) is 3.35. The topological polar surface area (TPSA) is 238 Å². The number of fused-ring (bicyclic) bond motifs is 3. The lowest BCUT2D eigenvalue weighted by Gasteiger charge is -2.53. The SMILES string of the molecule is COc1ccc([P+](CCCCCCCCCCC(=O)Nc2ccc3c(c2O)C(O)=C2C(=O)[C@]4(O)C(O)=C(C(N)=O)C(=O)[C@@H](N(C)C)[C@@H]4[C@@H](O)[C@@H]2[C@H]3C)(c2ccc(OC)cc2)c2ccc(OC)cc2)cc1. The number of unbranched alkanes of at least 4 members (excludes halogenated alkanes) is 7. The maximum atomic E-state index is 14.3. The molecule has 7 rings (SSSR count). The molecule has 16 heteroatoms. The third-order valence-corrected chi connectivity index (χ3v) is 19.1. The van der Waals surface area contributed by atoms with Gasteiger partial charge in [-0.15, -0.1) is 0 Å². The molecule has 0 spiro atoms. The Hall–Kier alpha value is -6.25. The zero-order chi connectivity index (χ0) is 50.7. The number of likely N-dealkylation sites (N-methyl/N-ethyl adjacent to an activating group) is 1. The van der Waals surface area contributed by atoms with E-state index >= 15 is 0 Å². The molecule has 70 heavy (non-hydrogen) atoms. The highest BCUT2D eigenvalue weighted by Gasteiger charge is 2.68. The van der Waals surface area contributed by atoms with Crippen molar-refractivity contribution in [2.45, 2.75) is 88.4 Å². The lowest BCUT2D eigenvalue weighted by Crippen LogP contribution is -2.70. The number of ketones is 2. The standard InChI is InChI=1S/C54H64N3O12P/c1-31-38-28-29-39(47(59)42(38)48(60)43-41(31)49(61)45-46(57(2)3)50(62)44(53(55)65)52(64)54(45,66)51(43)63)56-40(58)15-13-11-9-7-8-10-12-14-30-70(35-22-16-32(67-4)17-23-35,36-24-18-33(68-5)19-25-36)37-26-20-34(69-6)21-27-37/h16-29,31,41,45-46,49,61,66H,7-15,30H2,1-6H3,(H5-,55,56,58,59,60,62,63,64,65)/p+1/t31-,41+,45+,46-,49-,54-/m0/s1. The van der Waals surface area contributed by atoms with Crippen molar-refractivity contribution in [2.75, 3.05) is 46.9 Å². The molecule has 1 fully saturated rings. The fourth-order valence-electron chi connectivity index (χ4n) is 11.0. The molecule has 372 valence electrons. The number of nitrogens with one attached hydrogen (secondary N) is 1. The van der Waals surface area contributed by atoms with Crippen LogP contribution >= 0.6 is 7.26 Å². The third kappa shape index (κ3) is 9.28. The zero-order valence-corrected chi connectivity index (χ0v) is 41.5. The number of carbonyl (C=O) groups is 4. The molecule has 15 nitrogen and oxygen atoms in total. The van der Waals surface area contributed by atoms with E-state index in [0.717, 1.165) is 68.4 Å². The molecule has 0 saturated heterocycles. The van der Waals surface area contributed by atoms with Crippen LogP contribution in [0, 0.1) is 11.8 Å². The van der Waals surface area contributed by atoms with Crippen molar-refractivity contribution in [3.8, 4) is 23.0 Å². The molecule has 0 bridgehead atoms. The van der Waals surface area contributed by atoms with Gasteiger partial charge >= 0.3 is 0 Å². The molecule has 3 aliphatic carbocycles. The molecule has 0 heterocycles. The van der Waals surface area contributed by atoms with E-state index in [1.807, 2.05) is 36.4 Å². The van der Waals surface area contributed by atoms with Crippen LogP contribution in [0.1, 0.15) is 81.8 Å². The van der Waals surface area contributed by atoms with Crippen LogP contribution < -0.4 is 41.2 Å². The maximum absolute atomic E-state index is 14.3. The number of aromatic hydroxyl groups is 1. The van der Waals surface area contributed by atoms with E-state index in [1.54, 1.807) is 34.3 Å². The van der Waals surface area contributed by atoms with Gasteiger partial charge in [0.25, 0.3) is 5.91 Å².